The summed E-state index contributed by atoms with van der Waals surface area (Å²) in [5, 5.41) is 0.652. The number of carbonyl (C=O) groups excluding carboxylic acids is 2. The molecular formula is C24H28ClN3O2+2. The molecule has 1 atom stereocenters. The summed E-state index contributed by atoms with van der Waals surface area (Å²) in [4.78, 5) is 29.6. The van der Waals surface area contributed by atoms with Crippen molar-refractivity contribution in [1.82, 2.24) is 4.90 Å². The highest BCUT2D eigenvalue weighted by Crippen LogP contribution is 2.17. The molecule has 2 amide bonds. The molecule has 0 spiro atoms. The van der Waals surface area contributed by atoms with Gasteiger partial charge in [-0.05, 0) is 29.3 Å². The number of benzene rings is 2. The molecule has 0 bridgehead atoms. The standard InChI is InChI=1S/C24H26ClN3O2/c25-21-10-8-20(9-11-21)18-28-23(29)17-22(24(28)30)27-15-13-26(14-16-27)12-4-7-19-5-2-1-3-6-19/h1-11,22H,12-18H2/p+2/b7-4+/t22-/m1/s1. The first-order valence-corrected chi connectivity index (χ1v) is 11.0. The fraction of sp³-hybridized carbons (Fsp3) is 0.333. The zero-order valence-corrected chi connectivity index (χ0v) is 17.8. The van der Waals surface area contributed by atoms with E-state index in [9.17, 15) is 9.59 Å². The smallest absolute Gasteiger partial charge is 0.288 e. The second-order valence-corrected chi connectivity index (χ2v) is 8.56. The van der Waals surface area contributed by atoms with Crippen LogP contribution < -0.4 is 9.80 Å². The van der Waals surface area contributed by atoms with E-state index in [0.29, 0.717) is 18.0 Å². The van der Waals surface area contributed by atoms with E-state index >= 15 is 0 Å². The molecular weight excluding hydrogens is 398 g/mol. The Morgan fingerprint density at radius 2 is 1.67 bits per heavy atom. The molecule has 0 aliphatic carbocycles. The number of nitrogens with zero attached hydrogens (tertiary/aromatic N) is 1. The van der Waals surface area contributed by atoms with Crippen molar-refractivity contribution >= 4 is 29.5 Å². The van der Waals surface area contributed by atoms with Gasteiger partial charge in [0, 0.05) is 5.02 Å². The van der Waals surface area contributed by atoms with E-state index in [0.717, 1.165) is 38.3 Å². The van der Waals surface area contributed by atoms with Crippen molar-refractivity contribution in [3.05, 3.63) is 76.8 Å². The molecule has 0 saturated carbocycles. The molecule has 2 fully saturated rings. The van der Waals surface area contributed by atoms with Crippen LogP contribution >= 0.6 is 11.6 Å². The third kappa shape index (κ3) is 4.98. The summed E-state index contributed by atoms with van der Waals surface area (Å²) in [6.45, 7) is 5.20. The molecule has 2 aromatic carbocycles. The summed E-state index contributed by atoms with van der Waals surface area (Å²) in [5.41, 5.74) is 2.15. The van der Waals surface area contributed by atoms with Gasteiger partial charge in [-0.15, -0.1) is 0 Å². The Bertz CT molecular complexity index is 906. The fourth-order valence-electron chi connectivity index (χ4n) is 4.34. The molecule has 0 radical (unpaired) electrons. The van der Waals surface area contributed by atoms with Crippen molar-refractivity contribution in [2.24, 2.45) is 0 Å². The number of hydrogen-bond donors (Lipinski definition) is 2. The van der Waals surface area contributed by atoms with E-state index in [2.05, 4.69) is 24.3 Å². The van der Waals surface area contributed by atoms with Gasteiger partial charge in [0.2, 0.25) is 5.91 Å². The zero-order chi connectivity index (χ0) is 20.9. The van der Waals surface area contributed by atoms with Crippen LogP contribution in [0, 0.1) is 0 Å². The van der Waals surface area contributed by atoms with Crippen LogP contribution in [0.3, 0.4) is 0 Å². The fourth-order valence-corrected chi connectivity index (χ4v) is 4.47. The van der Waals surface area contributed by atoms with Gasteiger partial charge in [0.25, 0.3) is 5.91 Å². The van der Waals surface area contributed by atoms with Gasteiger partial charge in [0.05, 0.1) is 19.5 Å². The second-order valence-electron chi connectivity index (χ2n) is 8.13. The Balaban J connectivity index is 1.28. The molecule has 2 aromatic rings. The Hall–Kier alpha value is -2.47. The van der Waals surface area contributed by atoms with Crippen molar-refractivity contribution in [3.8, 4) is 0 Å². The first kappa shape index (κ1) is 20.8. The van der Waals surface area contributed by atoms with E-state index in [1.807, 2.05) is 30.3 Å². The molecule has 30 heavy (non-hydrogen) atoms. The average Bonchev–Trinajstić information content (AvgIpc) is 3.05. The van der Waals surface area contributed by atoms with Gasteiger partial charge < -0.3 is 9.80 Å². The van der Waals surface area contributed by atoms with Crippen molar-refractivity contribution in [2.45, 2.75) is 19.0 Å². The summed E-state index contributed by atoms with van der Waals surface area (Å²) < 4.78 is 0. The Labute approximate surface area is 182 Å². The lowest BCUT2D eigenvalue weighted by molar-refractivity contribution is -1.02. The third-order valence-corrected chi connectivity index (χ3v) is 6.36. The topological polar surface area (TPSA) is 46.3 Å². The molecule has 2 aliphatic rings. The first-order valence-electron chi connectivity index (χ1n) is 10.6. The van der Waals surface area contributed by atoms with Crippen LogP contribution in [0.4, 0.5) is 0 Å². The van der Waals surface area contributed by atoms with Gasteiger partial charge in [-0.3, -0.25) is 14.5 Å². The molecule has 4 rings (SSSR count). The SMILES string of the molecule is O=C1C[C@@H]([NH+]2CC[NH+](C/C=C/c3ccccc3)CC2)C(=O)N1Cc1ccc(Cl)cc1. The Morgan fingerprint density at radius 3 is 2.37 bits per heavy atom. The number of rotatable bonds is 6. The number of piperazine rings is 1. The predicted octanol–water partition coefficient (Wildman–Crippen LogP) is 0.464. The van der Waals surface area contributed by atoms with E-state index in [4.69, 9.17) is 11.6 Å². The number of likely N-dealkylation sites (tertiary alicyclic amines) is 1. The lowest BCUT2D eigenvalue weighted by Crippen LogP contribution is -3.30. The highest BCUT2D eigenvalue weighted by molar-refractivity contribution is 6.30. The van der Waals surface area contributed by atoms with Crippen molar-refractivity contribution < 1.29 is 19.4 Å². The normalized spacial score (nSPS) is 24.7. The van der Waals surface area contributed by atoms with Crippen LogP contribution in [0.2, 0.25) is 5.02 Å². The number of carbonyl (C=O) groups is 2. The van der Waals surface area contributed by atoms with Crippen LogP contribution in [0.15, 0.2) is 60.7 Å². The Morgan fingerprint density at radius 1 is 0.967 bits per heavy atom. The first-order chi connectivity index (χ1) is 14.6. The van der Waals surface area contributed by atoms with E-state index in [1.54, 1.807) is 12.1 Å². The lowest BCUT2D eigenvalue weighted by Gasteiger charge is -2.31. The highest BCUT2D eigenvalue weighted by Gasteiger charge is 2.46. The summed E-state index contributed by atoms with van der Waals surface area (Å²) in [6.07, 6.45) is 4.72. The predicted molar refractivity (Wildman–Crippen MR) is 117 cm³/mol. The van der Waals surface area contributed by atoms with Crippen LogP contribution in [0.1, 0.15) is 17.5 Å². The molecule has 6 heteroatoms. The molecule has 156 valence electrons. The highest BCUT2D eigenvalue weighted by atomic mass is 35.5. The maximum Gasteiger partial charge on any atom is 0.288 e. The van der Waals surface area contributed by atoms with E-state index in [1.165, 1.54) is 20.3 Å². The molecule has 2 aliphatic heterocycles. The number of amides is 2. The summed E-state index contributed by atoms with van der Waals surface area (Å²) in [7, 11) is 0. The van der Waals surface area contributed by atoms with Crippen molar-refractivity contribution in [3.63, 3.8) is 0 Å². The maximum absolute atomic E-state index is 12.9. The number of hydrogen-bond acceptors (Lipinski definition) is 2. The molecule has 5 nitrogen and oxygen atoms in total. The van der Waals surface area contributed by atoms with Crippen LogP contribution in [0.25, 0.3) is 6.08 Å². The zero-order valence-electron chi connectivity index (χ0n) is 17.0. The number of quaternary nitrogens is 2. The van der Waals surface area contributed by atoms with E-state index in [-0.39, 0.29) is 17.9 Å². The average molecular weight is 426 g/mol. The lowest BCUT2D eigenvalue weighted by atomic mass is 10.1. The summed E-state index contributed by atoms with van der Waals surface area (Å²) in [5.74, 6) is -0.0922. The third-order valence-electron chi connectivity index (χ3n) is 6.11. The number of nitrogens with one attached hydrogen (secondary N) is 2. The molecule has 0 aromatic heterocycles. The number of halogens is 1. The minimum atomic E-state index is -0.230. The number of imide groups is 1. The van der Waals surface area contributed by atoms with Gasteiger partial charge in [-0.1, -0.05) is 60.1 Å². The molecule has 2 heterocycles. The van der Waals surface area contributed by atoms with Crippen LogP contribution in [-0.2, 0) is 16.1 Å². The van der Waals surface area contributed by atoms with Crippen molar-refractivity contribution in [2.75, 3.05) is 32.7 Å². The van der Waals surface area contributed by atoms with Gasteiger partial charge in [0.15, 0.2) is 6.04 Å². The molecule has 2 saturated heterocycles. The largest absolute Gasteiger partial charge is 0.322 e. The van der Waals surface area contributed by atoms with Gasteiger partial charge in [-0.2, -0.15) is 0 Å². The van der Waals surface area contributed by atoms with Gasteiger partial charge in [-0.25, -0.2) is 0 Å². The molecule has 2 N–H and O–H groups in total. The monoisotopic (exact) mass is 425 g/mol. The van der Waals surface area contributed by atoms with Crippen molar-refractivity contribution in [1.29, 1.82) is 0 Å². The Kier molecular flexibility index (Phi) is 6.62. The van der Waals surface area contributed by atoms with Gasteiger partial charge in [0.1, 0.15) is 26.2 Å². The van der Waals surface area contributed by atoms with Crippen LogP contribution in [0.5, 0.6) is 0 Å². The van der Waals surface area contributed by atoms with E-state index < -0.39 is 0 Å². The summed E-state index contributed by atoms with van der Waals surface area (Å²) >= 11 is 5.93. The summed E-state index contributed by atoms with van der Waals surface area (Å²) in [6, 6.07) is 17.4. The maximum atomic E-state index is 12.9. The minimum absolute atomic E-state index is 0.0302. The van der Waals surface area contributed by atoms with Crippen LogP contribution in [-0.4, -0.2) is 55.5 Å². The van der Waals surface area contributed by atoms with Gasteiger partial charge >= 0.3 is 0 Å². The minimum Gasteiger partial charge on any atom is -0.322 e. The second kappa shape index (κ2) is 9.56. The quantitative estimate of drug-likeness (QED) is 0.661. The molecule has 0 unspecified atom stereocenters.